The van der Waals surface area contributed by atoms with Crippen LogP contribution >= 0.6 is 11.3 Å². The van der Waals surface area contributed by atoms with E-state index in [1.807, 2.05) is 6.92 Å². The smallest absolute Gasteiger partial charge is 0.0940 e. The highest BCUT2D eigenvalue weighted by Gasteiger charge is 2.00. The van der Waals surface area contributed by atoms with Crippen molar-refractivity contribution in [1.82, 2.24) is 10.3 Å². The van der Waals surface area contributed by atoms with E-state index in [0.717, 1.165) is 31.6 Å². The van der Waals surface area contributed by atoms with E-state index in [1.54, 1.807) is 11.3 Å². The third-order valence-electron chi connectivity index (χ3n) is 3.00. The van der Waals surface area contributed by atoms with Gasteiger partial charge in [0.1, 0.15) is 0 Å². The molecule has 1 aromatic heterocycles. The SMILES string of the molecule is CCc1ccccc1CNCCc1nc(C)cs1. The van der Waals surface area contributed by atoms with Gasteiger partial charge in [-0.2, -0.15) is 0 Å². The number of benzene rings is 1. The Morgan fingerprint density at radius 3 is 2.67 bits per heavy atom. The van der Waals surface area contributed by atoms with Crippen molar-refractivity contribution in [2.75, 3.05) is 6.54 Å². The molecule has 1 N–H and O–H groups in total. The molecule has 96 valence electrons. The van der Waals surface area contributed by atoms with Crippen LogP contribution in [0.25, 0.3) is 0 Å². The van der Waals surface area contributed by atoms with Gasteiger partial charge in [0.15, 0.2) is 0 Å². The summed E-state index contributed by atoms with van der Waals surface area (Å²) >= 11 is 1.75. The van der Waals surface area contributed by atoms with Crippen molar-refractivity contribution in [3.63, 3.8) is 0 Å². The molecule has 0 saturated carbocycles. The number of aryl methyl sites for hydroxylation is 2. The highest BCUT2D eigenvalue weighted by atomic mass is 32.1. The molecular formula is C15H20N2S. The van der Waals surface area contributed by atoms with Gasteiger partial charge in [-0.15, -0.1) is 11.3 Å². The summed E-state index contributed by atoms with van der Waals surface area (Å²) in [5.74, 6) is 0. The molecule has 0 spiro atoms. The highest BCUT2D eigenvalue weighted by Crippen LogP contribution is 2.10. The maximum Gasteiger partial charge on any atom is 0.0940 e. The maximum atomic E-state index is 4.47. The molecule has 1 aromatic carbocycles. The van der Waals surface area contributed by atoms with Crippen LogP contribution in [0.4, 0.5) is 0 Å². The molecule has 0 aliphatic carbocycles. The van der Waals surface area contributed by atoms with Gasteiger partial charge >= 0.3 is 0 Å². The Hall–Kier alpha value is -1.19. The fraction of sp³-hybridized carbons (Fsp3) is 0.400. The molecule has 0 aliphatic rings. The van der Waals surface area contributed by atoms with Gasteiger partial charge in [0, 0.05) is 30.6 Å². The molecule has 2 rings (SSSR count). The predicted octanol–water partition coefficient (Wildman–Crippen LogP) is 3.35. The maximum absolute atomic E-state index is 4.47. The second-order valence-electron chi connectivity index (χ2n) is 4.43. The molecule has 18 heavy (non-hydrogen) atoms. The molecule has 2 nitrogen and oxygen atoms in total. The van der Waals surface area contributed by atoms with Crippen molar-refractivity contribution in [3.8, 4) is 0 Å². The van der Waals surface area contributed by atoms with Gasteiger partial charge in [-0.3, -0.25) is 0 Å². The van der Waals surface area contributed by atoms with E-state index < -0.39 is 0 Å². The van der Waals surface area contributed by atoms with Gasteiger partial charge in [0.25, 0.3) is 0 Å². The van der Waals surface area contributed by atoms with E-state index >= 15 is 0 Å². The van der Waals surface area contributed by atoms with E-state index in [4.69, 9.17) is 0 Å². The summed E-state index contributed by atoms with van der Waals surface area (Å²) in [5, 5.41) is 6.84. The van der Waals surface area contributed by atoms with Crippen molar-refractivity contribution >= 4 is 11.3 Å². The summed E-state index contributed by atoms with van der Waals surface area (Å²) in [7, 11) is 0. The molecule has 0 unspecified atom stereocenters. The Balaban J connectivity index is 1.78. The van der Waals surface area contributed by atoms with Crippen molar-refractivity contribution in [2.24, 2.45) is 0 Å². The Bertz CT molecular complexity index is 491. The Labute approximate surface area is 113 Å². The van der Waals surface area contributed by atoms with Crippen LogP contribution in [0.3, 0.4) is 0 Å². The average Bonchev–Trinajstić information content (AvgIpc) is 2.81. The van der Waals surface area contributed by atoms with Gasteiger partial charge in [0.2, 0.25) is 0 Å². The van der Waals surface area contributed by atoms with Crippen molar-refractivity contribution in [3.05, 3.63) is 51.5 Å². The monoisotopic (exact) mass is 260 g/mol. The topological polar surface area (TPSA) is 24.9 Å². The zero-order valence-corrected chi connectivity index (χ0v) is 11.9. The molecule has 2 aromatic rings. The minimum absolute atomic E-state index is 0.953. The lowest BCUT2D eigenvalue weighted by atomic mass is 10.1. The van der Waals surface area contributed by atoms with Crippen LogP contribution in [-0.2, 0) is 19.4 Å². The fourth-order valence-corrected chi connectivity index (χ4v) is 2.79. The summed E-state index contributed by atoms with van der Waals surface area (Å²) in [6.07, 6.45) is 2.12. The van der Waals surface area contributed by atoms with E-state index in [0.29, 0.717) is 0 Å². The molecule has 0 fully saturated rings. The van der Waals surface area contributed by atoms with Crippen molar-refractivity contribution in [1.29, 1.82) is 0 Å². The Morgan fingerprint density at radius 1 is 1.22 bits per heavy atom. The van der Waals surface area contributed by atoms with Crippen LogP contribution in [0, 0.1) is 6.92 Å². The molecule has 0 saturated heterocycles. The first kappa shape index (κ1) is 13.2. The minimum Gasteiger partial charge on any atom is -0.312 e. The van der Waals surface area contributed by atoms with Crippen LogP contribution in [0.15, 0.2) is 29.6 Å². The minimum atomic E-state index is 0.953. The Morgan fingerprint density at radius 2 is 2.00 bits per heavy atom. The number of hydrogen-bond acceptors (Lipinski definition) is 3. The van der Waals surface area contributed by atoms with Crippen molar-refractivity contribution < 1.29 is 0 Å². The molecule has 0 amide bonds. The van der Waals surface area contributed by atoms with Crippen LogP contribution in [0.2, 0.25) is 0 Å². The lowest BCUT2D eigenvalue weighted by molar-refractivity contribution is 0.680. The normalized spacial score (nSPS) is 10.8. The van der Waals surface area contributed by atoms with E-state index in [-0.39, 0.29) is 0 Å². The van der Waals surface area contributed by atoms with Gasteiger partial charge < -0.3 is 5.32 Å². The van der Waals surface area contributed by atoms with Gasteiger partial charge in [-0.25, -0.2) is 4.98 Å². The van der Waals surface area contributed by atoms with E-state index in [1.165, 1.54) is 16.1 Å². The molecule has 0 bridgehead atoms. The van der Waals surface area contributed by atoms with Crippen LogP contribution in [0.1, 0.15) is 28.8 Å². The van der Waals surface area contributed by atoms with E-state index in [2.05, 4.69) is 46.9 Å². The third-order valence-corrected chi connectivity index (χ3v) is 4.02. The largest absolute Gasteiger partial charge is 0.312 e. The molecule has 0 aliphatic heterocycles. The standard InChI is InChI=1S/C15H20N2S/c1-3-13-6-4-5-7-14(13)10-16-9-8-15-17-12(2)11-18-15/h4-7,11,16H,3,8-10H2,1-2H3. The first-order valence-corrected chi connectivity index (χ1v) is 7.36. The number of rotatable bonds is 6. The number of aromatic nitrogens is 1. The molecule has 1 heterocycles. The average molecular weight is 260 g/mol. The first-order chi connectivity index (χ1) is 8.79. The fourth-order valence-electron chi connectivity index (χ4n) is 2.01. The third kappa shape index (κ3) is 3.65. The molecular weight excluding hydrogens is 240 g/mol. The predicted molar refractivity (Wildman–Crippen MR) is 78.1 cm³/mol. The Kier molecular flexibility index (Phi) is 4.90. The summed E-state index contributed by atoms with van der Waals surface area (Å²) in [6, 6.07) is 8.64. The van der Waals surface area contributed by atoms with Crippen molar-refractivity contribution in [2.45, 2.75) is 33.2 Å². The van der Waals surface area contributed by atoms with Crippen LogP contribution in [0.5, 0.6) is 0 Å². The highest BCUT2D eigenvalue weighted by molar-refractivity contribution is 7.09. The summed E-state index contributed by atoms with van der Waals surface area (Å²) in [4.78, 5) is 4.47. The zero-order chi connectivity index (χ0) is 12.8. The van der Waals surface area contributed by atoms with E-state index in [9.17, 15) is 0 Å². The molecule has 0 atom stereocenters. The zero-order valence-electron chi connectivity index (χ0n) is 11.1. The van der Waals surface area contributed by atoms with Crippen LogP contribution in [-0.4, -0.2) is 11.5 Å². The number of nitrogens with zero attached hydrogens (tertiary/aromatic N) is 1. The van der Waals surface area contributed by atoms with Gasteiger partial charge in [0.05, 0.1) is 5.01 Å². The summed E-state index contributed by atoms with van der Waals surface area (Å²) in [6.45, 7) is 6.20. The molecule has 3 heteroatoms. The summed E-state index contributed by atoms with van der Waals surface area (Å²) in [5.41, 5.74) is 3.98. The lowest BCUT2D eigenvalue weighted by Gasteiger charge is -2.08. The lowest BCUT2D eigenvalue weighted by Crippen LogP contribution is -2.17. The number of hydrogen-bond donors (Lipinski definition) is 1. The van der Waals surface area contributed by atoms with Gasteiger partial charge in [-0.1, -0.05) is 31.2 Å². The number of thiazole rings is 1. The van der Waals surface area contributed by atoms with Crippen LogP contribution < -0.4 is 5.32 Å². The van der Waals surface area contributed by atoms with Gasteiger partial charge in [-0.05, 0) is 24.5 Å². The second-order valence-corrected chi connectivity index (χ2v) is 5.37. The summed E-state index contributed by atoms with van der Waals surface area (Å²) < 4.78 is 0. The molecule has 0 radical (unpaired) electrons. The first-order valence-electron chi connectivity index (χ1n) is 6.48. The number of nitrogens with one attached hydrogen (secondary N) is 1. The second kappa shape index (κ2) is 6.66. The quantitative estimate of drug-likeness (QED) is 0.806.